The maximum absolute atomic E-state index is 12.2. The van der Waals surface area contributed by atoms with Gasteiger partial charge in [-0.1, -0.05) is 11.6 Å². The van der Waals surface area contributed by atoms with Gasteiger partial charge < -0.3 is 15.7 Å². The molecular weight excluding hydrogens is 280 g/mol. The molecule has 0 aliphatic rings. The van der Waals surface area contributed by atoms with Gasteiger partial charge in [-0.25, -0.2) is 4.98 Å². The predicted molar refractivity (Wildman–Crippen MR) is 76.9 cm³/mol. The van der Waals surface area contributed by atoms with Gasteiger partial charge >= 0.3 is 0 Å². The first-order chi connectivity index (χ1) is 9.63. The van der Waals surface area contributed by atoms with Crippen LogP contribution in [0.15, 0.2) is 30.6 Å². The Morgan fingerprint density at radius 1 is 1.45 bits per heavy atom. The van der Waals surface area contributed by atoms with E-state index in [1.54, 1.807) is 25.4 Å². The number of carbonyl (C=O) groups excluding carboxylic acids is 1. The van der Waals surface area contributed by atoms with Gasteiger partial charge in [0.2, 0.25) is 0 Å². The molecule has 0 aromatic carbocycles. The third kappa shape index (κ3) is 3.23. The van der Waals surface area contributed by atoms with E-state index in [4.69, 9.17) is 11.6 Å². The highest BCUT2D eigenvalue weighted by Crippen LogP contribution is 2.18. The number of aromatic nitrogens is 2. The molecule has 0 unspecified atom stereocenters. The highest BCUT2D eigenvalue weighted by atomic mass is 35.5. The fourth-order valence-electron chi connectivity index (χ4n) is 1.62. The summed E-state index contributed by atoms with van der Waals surface area (Å²) in [6.07, 6.45) is 3.02. The Morgan fingerprint density at radius 3 is 2.95 bits per heavy atom. The molecule has 2 heterocycles. The average molecular weight is 293 g/mol. The van der Waals surface area contributed by atoms with Gasteiger partial charge in [0.25, 0.3) is 5.91 Å². The van der Waals surface area contributed by atoms with Crippen LogP contribution in [0.4, 0.5) is 11.5 Å². The number of anilines is 2. The van der Waals surface area contributed by atoms with Crippen molar-refractivity contribution in [3.8, 4) is 0 Å². The first-order valence-electron chi connectivity index (χ1n) is 5.84. The standard InChI is InChI=1S/C13H13ClN4O2/c1-15-12-5-9(4-11(14)18-12)13(20)17-10-6-16-3-2-8(10)7-19/h2-6,19H,7H2,1H3,(H,15,18)(H,17,20). The molecule has 2 aromatic rings. The lowest BCUT2D eigenvalue weighted by molar-refractivity contribution is 0.102. The number of amides is 1. The van der Waals surface area contributed by atoms with E-state index in [9.17, 15) is 9.90 Å². The van der Waals surface area contributed by atoms with Crippen molar-refractivity contribution in [2.45, 2.75) is 6.61 Å². The van der Waals surface area contributed by atoms with E-state index < -0.39 is 0 Å². The van der Waals surface area contributed by atoms with Crippen molar-refractivity contribution in [1.29, 1.82) is 0 Å². The number of pyridine rings is 2. The molecule has 3 N–H and O–H groups in total. The first kappa shape index (κ1) is 14.2. The predicted octanol–water partition coefficient (Wildman–Crippen LogP) is 1.92. The molecule has 0 saturated carbocycles. The normalized spacial score (nSPS) is 10.2. The minimum atomic E-state index is -0.353. The average Bonchev–Trinajstić information content (AvgIpc) is 2.47. The highest BCUT2D eigenvalue weighted by molar-refractivity contribution is 6.30. The van der Waals surface area contributed by atoms with Crippen LogP contribution in [0.25, 0.3) is 0 Å². The zero-order chi connectivity index (χ0) is 14.5. The third-order valence-electron chi connectivity index (χ3n) is 2.64. The fraction of sp³-hybridized carbons (Fsp3) is 0.154. The quantitative estimate of drug-likeness (QED) is 0.749. The molecule has 0 fully saturated rings. The molecular formula is C13H13ClN4O2. The van der Waals surface area contributed by atoms with Crippen LogP contribution in [0, 0.1) is 0 Å². The van der Waals surface area contributed by atoms with Gasteiger partial charge in [0.1, 0.15) is 11.0 Å². The summed E-state index contributed by atoms with van der Waals surface area (Å²) in [6.45, 7) is -0.184. The molecule has 0 saturated heterocycles. The summed E-state index contributed by atoms with van der Waals surface area (Å²) in [4.78, 5) is 20.1. The van der Waals surface area contributed by atoms with E-state index >= 15 is 0 Å². The van der Waals surface area contributed by atoms with Crippen LogP contribution in [0.1, 0.15) is 15.9 Å². The molecule has 7 heteroatoms. The number of halogens is 1. The van der Waals surface area contributed by atoms with Gasteiger partial charge in [0.05, 0.1) is 18.5 Å². The minimum absolute atomic E-state index is 0.184. The minimum Gasteiger partial charge on any atom is -0.392 e. The number of rotatable bonds is 4. The molecule has 0 radical (unpaired) electrons. The lowest BCUT2D eigenvalue weighted by Gasteiger charge is -2.09. The summed E-state index contributed by atoms with van der Waals surface area (Å²) in [6, 6.07) is 4.68. The summed E-state index contributed by atoms with van der Waals surface area (Å²) in [5, 5.41) is 14.9. The molecule has 0 bridgehead atoms. The van der Waals surface area contributed by atoms with E-state index in [0.717, 1.165) is 0 Å². The summed E-state index contributed by atoms with van der Waals surface area (Å²) in [5.74, 6) is 0.143. The van der Waals surface area contributed by atoms with Crippen LogP contribution in [0.5, 0.6) is 0 Å². The van der Waals surface area contributed by atoms with Gasteiger partial charge in [0.15, 0.2) is 0 Å². The molecule has 6 nitrogen and oxygen atoms in total. The first-order valence-corrected chi connectivity index (χ1v) is 6.22. The zero-order valence-corrected chi connectivity index (χ0v) is 11.5. The number of hydrogen-bond acceptors (Lipinski definition) is 5. The van der Waals surface area contributed by atoms with E-state index in [0.29, 0.717) is 22.6 Å². The van der Waals surface area contributed by atoms with Crippen molar-refractivity contribution in [2.24, 2.45) is 0 Å². The van der Waals surface area contributed by atoms with Gasteiger partial charge in [-0.15, -0.1) is 0 Å². The lowest BCUT2D eigenvalue weighted by Crippen LogP contribution is -2.14. The highest BCUT2D eigenvalue weighted by Gasteiger charge is 2.11. The Hall–Kier alpha value is -2.18. The Balaban J connectivity index is 2.26. The summed E-state index contributed by atoms with van der Waals surface area (Å²) in [7, 11) is 1.69. The van der Waals surface area contributed by atoms with E-state index in [-0.39, 0.29) is 17.7 Å². The van der Waals surface area contributed by atoms with Gasteiger partial charge in [-0.3, -0.25) is 9.78 Å². The van der Waals surface area contributed by atoms with Crippen LogP contribution in [-0.2, 0) is 6.61 Å². The number of nitrogens with one attached hydrogen (secondary N) is 2. The lowest BCUT2D eigenvalue weighted by atomic mass is 10.2. The molecule has 0 spiro atoms. The van der Waals surface area contributed by atoms with Crippen LogP contribution in [0.2, 0.25) is 5.15 Å². The SMILES string of the molecule is CNc1cc(C(=O)Nc2cnccc2CO)cc(Cl)n1. The molecule has 0 atom stereocenters. The van der Waals surface area contributed by atoms with Crippen molar-refractivity contribution in [3.05, 3.63) is 46.9 Å². The number of nitrogens with zero attached hydrogens (tertiary/aromatic N) is 2. The Morgan fingerprint density at radius 2 is 2.25 bits per heavy atom. The Labute approximate surface area is 120 Å². The molecule has 1 amide bonds. The zero-order valence-electron chi connectivity index (χ0n) is 10.7. The second-order valence-corrected chi connectivity index (χ2v) is 4.35. The summed E-state index contributed by atoms with van der Waals surface area (Å²) in [5.41, 5.74) is 1.41. The summed E-state index contributed by atoms with van der Waals surface area (Å²) < 4.78 is 0. The molecule has 2 rings (SSSR count). The van der Waals surface area contributed by atoms with Crippen LogP contribution in [0.3, 0.4) is 0 Å². The molecule has 104 valence electrons. The molecule has 2 aromatic heterocycles. The van der Waals surface area contributed by atoms with Gasteiger partial charge in [0, 0.05) is 24.4 Å². The van der Waals surface area contributed by atoms with Crippen molar-refractivity contribution < 1.29 is 9.90 Å². The van der Waals surface area contributed by atoms with Crippen molar-refractivity contribution in [3.63, 3.8) is 0 Å². The van der Waals surface area contributed by atoms with E-state index in [2.05, 4.69) is 20.6 Å². The van der Waals surface area contributed by atoms with Crippen molar-refractivity contribution in [2.75, 3.05) is 17.7 Å². The second kappa shape index (κ2) is 6.31. The third-order valence-corrected chi connectivity index (χ3v) is 2.84. The van der Waals surface area contributed by atoms with Crippen molar-refractivity contribution in [1.82, 2.24) is 9.97 Å². The number of hydrogen-bond donors (Lipinski definition) is 3. The van der Waals surface area contributed by atoms with Crippen LogP contribution in [-0.4, -0.2) is 28.0 Å². The molecule has 0 aliphatic carbocycles. The number of aliphatic hydroxyl groups excluding tert-OH is 1. The molecule has 0 aliphatic heterocycles. The maximum Gasteiger partial charge on any atom is 0.255 e. The largest absolute Gasteiger partial charge is 0.392 e. The van der Waals surface area contributed by atoms with E-state index in [1.807, 2.05) is 0 Å². The second-order valence-electron chi connectivity index (χ2n) is 3.96. The van der Waals surface area contributed by atoms with Gasteiger partial charge in [-0.05, 0) is 18.2 Å². The fourth-order valence-corrected chi connectivity index (χ4v) is 1.83. The van der Waals surface area contributed by atoms with Crippen LogP contribution >= 0.6 is 11.6 Å². The topological polar surface area (TPSA) is 87.1 Å². The summed E-state index contributed by atoms with van der Waals surface area (Å²) >= 11 is 5.85. The number of carbonyl (C=O) groups is 1. The number of aliphatic hydroxyl groups is 1. The Bertz CT molecular complexity index is 634. The van der Waals surface area contributed by atoms with Crippen LogP contribution < -0.4 is 10.6 Å². The van der Waals surface area contributed by atoms with Crippen molar-refractivity contribution >= 4 is 29.0 Å². The monoisotopic (exact) mass is 292 g/mol. The molecule has 20 heavy (non-hydrogen) atoms. The smallest absolute Gasteiger partial charge is 0.255 e. The van der Waals surface area contributed by atoms with Gasteiger partial charge in [-0.2, -0.15) is 0 Å². The maximum atomic E-state index is 12.2. The Kier molecular flexibility index (Phi) is 4.49. The van der Waals surface area contributed by atoms with E-state index in [1.165, 1.54) is 12.3 Å².